The van der Waals surface area contributed by atoms with Crippen molar-refractivity contribution in [1.29, 1.82) is 0 Å². The second-order valence-electron chi connectivity index (χ2n) is 5.36. The molecule has 1 aliphatic rings. The Morgan fingerprint density at radius 2 is 2.05 bits per heavy atom. The SMILES string of the molecule is O=C(NCCc1cccs1)C1CC(=O)N(c2ccccc2)C1. The topological polar surface area (TPSA) is 49.4 Å². The molecule has 1 unspecified atom stereocenters. The van der Waals surface area contributed by atoms with Gasteiger partial charge in [0.05, 0.1) is 5.92 Å². The number of rotatable bonds is 5. The number of nitrogens with one attached hydrogen (secondary N) is 1. The summed E-state index contributed by atoms with van der Waals surface area (Å²) in [4.78, 5) is 27.3. The van der Waals surface area contributed by atoms with Crippen LogP contribution in [0.5, 0.6) is 0 Å². The van der Waals surface area contributed by atoms with Crippen molar-refractivity contribution in [3.05, 3.63) is 52.7 Å². The molecule has 1 atom stereocenters. The van der Waals surface area contributed by atoms with Crippen LogP contribution in [-0.2, 0) is 16.0 Å². The fraction of sp³-hybridized carbons (Fsp3) is 0.294. The molecule has 1 N–H and O–H groups in total. The van der Waals surface area contributed by atoms with Gasteiger partial charge < -0.3 is 10.2 Å². The van der Waals surface area contributed by atoms with E-state index in [0.717, 1.165) is 12.1 Å². The van der Waals surface area contributed by atoms with Crippen molar-refractivity contribution in [1.82, 2.24) is 5.32 Å². The van der Waals surface area contributed by atoms with Crippen LogP contribution in [0.15, 0.2) is 47.8 Å². The van der Waals surface area contributed by atoms with E-state index in [4.69, 9.17) is 0 Å². The van der Waals surface area contributed by atoms with Crippen LogP contribution in [0.1, 0.15) is 11.3 Å². The van der Waals surface area contributed by atoms with Crippen molar-refractivity contribution in [2.75, 3.05) is 18.0 Å². The molecule has 1 fully saturated rings. The molecule has 0 saturated carbocycles. The number of carbonyl (C=O) groups excluding carboxylic acids is 2. The number of para-hydroxylation sites is 1. The van der Waals surface area contributed by atoms with Gasteiger partial charge in [-0.25, -0.2) is 0 Å². The van der Waals surface area contributed by atoms with Crippen molar-refractivity contribution in [2.24, 2.45) is 5.92 Å². The standard InChI is InChI=1S/C17H18N2O2S/c20-16-11-13(12-19(16)14-5-2-1-3-6-14)17(21)18-9-8-15-7-4-10-22-15/h1-7,10,13H,8-9,11-12H2,(H,18,21). The molecular formula is C17H18N2O2S. The molecule has 22 heavy (non-hydrogen) atoms. The number of thiophene rings is 1. The summed E-state index contributed by atoms with van der Waals surface area (Å²) in [5.41, 5.74) is 0.862. The third-order valence-electron chi connectivity index (χ3n) is 3.81. The van der Waals surface area contributed by atoms with E-state index < -0.39 is 0 Å². The Bertz CT molecular complexity index is 640. The molecule has 4 nitrogen and oxygen atoms in total. The van der Waals surface area contributed by atoms with Crippen LogP contribution in [0.2, 0.25) is 0 Å². The maximum Gasteiger partial charge on any atom is 0.227 e. The molecule has 1 saturated heterocycles. The molecule has 114 valence electrons. The Labute approximate surface area is 133 Å². The van der Waals surface area contributed by atoms with Gasteiger partial charge in [-0.3, -0.25) is 9.59 Å². The highest BCUT2D eigenvalue weighted by Crippen LogP contribution is 2.24. The van der Waals surface area contributed by atoms with E-state index in [9.17, 15) is 9.59 Å². The zero-order valence-electron chi connectivity index (χ0n) is 12.2. The van der Waals surface area contributed by atoms with Crippen LogP contribution < -0.4 is 10.2 Å². The first-order valence-corrected chi connectivity index (χ1v) is 8.27. The summed E-state index contributed by atoms with van der Waals surface area (Å²) >= 11 is 1.69. The molecule has 2 amide bonds. The second kappa shape index (κ2) is 6.75. The molecule has 2 aromatic rings. The van der Waals surface area contributed by atoms with E-state index >= 15 is 0 Å². The molecule has 0 spiro atoms. The van der Waals surface area contributed by atoms with Gasteiger partial charge in [-0.05, 0) is 30.0 Å². The number of benzene rings is 1. The summed E-state index contributed by atoms with van der Waals surface area (Å²) in [5.74, 6) is -0.260. The lowest BCUT2D eigenvalue weighted by atomic mass is 10.1. The van der Waals surface area contributed by atoms with E-state index in [2.05, 4.69) is 11.4 Å². The van der Waals surface area contributed by atoms with E-state index in [0.29, 0.717) is 19.5 Å². The summed E-state index contributed by atoms with van der Waals surface area (Å²) in [6.45, 7) is 1.09. The predicted octanol–water partition coefficient (Wildman–Crippen LogP) is 2.46. The third kappa shape index (κ3) is 3.36. The fourth-order valence-corrected chi connectivity index (χ4v) is 3.36. The fourth-order valence-electron chi connectivity index (χ4n) is 2.65. The minimum absolute atomic E-state index is 0.0182. The number of hydrogen-bond donors (Lipinski definition) is 1. The maximum absolute atomic E-state index is 12.2. The lowest BCUT2D eigenvalue weighted by molar-refractivity contribution is -0.126. The molecular weight excluding hydrogens is 296 g/mol. The molecule has 1 aromatic carbocycles. The quantitative estimate of drug-likeness (QED) is 0.921. The minimum Gasteiger partial charge on any atom is -0.355 e. The van der Waals surface area contributed by atoms with Gasteiger partial charge in [0.25, 0.3) is 0 Å². The van der Waals surface area contributed by atoms with E-state index in [-0.39, 0.29) is 17.7 Å². The average Bonchev–Trinajstić information content (AvgIpc) is 3.17. The first-order chi connectivity index (χ1) is 10.7. The summed E-state index contributed by atoms with van der Waals surface area (Å²) in [6.07, 6.45) is 1.13. The molecule has 1 aromatic heterocycles. The molecule has 1 aliphatic heterocycles. The Morgan fingerprint density at radius 1 is 1.23 bits per heavy atom. The van der Waals surface area contributed by atoms with Gasteiger partial charge in [-0.2, -0.15) is 0 Å². The first-order valence-electron chi connectivity index (χ1n) is 7.39. The molecule has 0 radical (unpaired) electrons. The van der Waals surface area contributed by atoms with Crippen molar-refractivity contribution in [2.45, 2.75) is 12.8 Å². The predicted molar refractivity (Wildman–Crippen MR) is 87.9 cm³/mol. The molecule has 5 heteroatoms. The number of nitrogens with zero attached hydrogens (tertiary/aromatic N) is 1. The van der Waals surface area contributed by atoms with Gasteiger partial charge in [0.2, 0.25) is 11.8 Å². The summed E-state index contributed by atoms with van der Waals surface area (Å²) in [5, 5.41) is 4.98. The van der Waals surface area contributed by atoms with Crippen LogP contribution in [0, 0.1) is 5.92 Å². The van der Waals surface area contributed by atoms with Gasteiger partial charge >= 0.3 is 0 Å². The zero-order valence-corrected chi connectivity index (χ0v) is 13.0. The number of hydrogen-bond acceptors (Lipinski definition) is 3. The Balaban J connectivity index is 1.53. The average molecular weight is 314 g/mol. The zero-order chi connectivity index (χ0) is 15.4. The van der Waals surface area contributed by atoms with Gasteiger partial charge in [-0.15, -0.1) is 11.3 Å². The van der Waals surface area contributed by atoms with E-state index in [1.54, 1.807) is 16.2 Å². The highest BCUT2D eigenvalue weighted by Gasteiger charge is 2.34. The lowest BCUT2D eigenvalue weighted by Crippen LogP contribution is -2.34. The van der Waals surface area contributed by atoms with Crippen molar-refractivity contribution in [3.63, 3.8) is 0 Å². The van der Waals surface area contributed by atoms with E-state index in [1.807, 2.05) is 41.8 Å². The van der Waals surface area contributed by atoms with Gasteiger partial charge in [0.1, 0.15) is 0 Å². The largest absolute Gasteiger partial charge is 0.355 e. The Morgan fingerprint density at radius 3 is 2.77 bits per heavy atom. The number of amides is 2. The monoisotopic (exact) mass is 314 g/mol. The molecule has 0 aliphatic carbocycles. The second-order valence-corrected chi connectivity index (χ2v) is 6.39. The normalized spacial score (nSPS) is 17.7. The number of carbonyl (C=O) groups is 2. The summed E-state index contributed by atoms with van der Waals surface area (Å²) < 4.78 is 0. The van der Waals surface area contributed by atoms with Crippen molar-refractivity contribution < 1.29 is 9.59 Å². The molecule has 2 heterocycles. The molecule has 0 bridgehead atoms. The van der Waals surface area contributed by atoms with Gasteiger partial charge in [-0.1, -0.05) is 24.3 Å². The van der Waals surface area contributed by atoms with Crippen LogP contribution in [0.4, 0.5) is 5.69 Å². The Hall–Kier alpha value is -2.14. The van der Waals surface area contributed by atoms with E-state index in [1.165, 1.54) is 4.88 Å². The summed E-state index contributed by atoms with van der Waals surface area (Å²) in [7, 11) is 0. The highest BCUT2D eigenvalue weighted by atomic mass is 32.1. The lowest BCUT2D eigenvalue weighted by Gasteiger charge is -2.16. The van der Waals surface area contributed by atoms with Crippen molar-refractivity contribution in [3.8, 4) is 0 Å². The van der Waals surface area contributed by atoms with Crippen LogP contribution >= 0.6 is 11.3 Å². The first kappa shape index (κ1) is 14.8. The van der Waals surface area contributed by atoms with Crippen LogP contribution in [-0.4, -0.2) is 24.9 Å². The van der Waals surface area contributed by atoms with Gasteiger partial charge in [0, 0.05) is 30.1 Å². The summed E-state index contributed by atoms with van der Waals surface area (Å²) in [6, 6.07) is 13.6. The third-order valence-corrected chi connectivity index (χ3v) is 4.75. The van der Waals surface area contributed by atoms with Crippen molar-refractivity contribution >= 4 is 28.8 Å². The smallest absolute Gasteiger partial charge is 0.227 e. The molecule has 3 rings (SSSR count). The maximum atomic E-state index is 12.2. The van der Waals surface area contributed by atoms with Crippen LogP contribution in [0.25, 0.3) is 0 Å². The minimum atomic E-state index is -0.254. The Kier molecular flexibility index (Phi) is 4.53. The van der Waals surface area contributed by atoms with Gasteiger partial charge in [0.15, 0.2) is 0 Å². The van der Waals surface area contributed by atoms with Crippen LogP contribution in [0.3, 0.4) is 0 Å². The number of anilines is 1. The highest BCUT2D eigenvalue weighted by molar-refractivity contribution is 7.09.